The van der Waals surface area contributed by atoms with Gasteiger partial charge in [0.05, 0.1) is 6.26 Å². The van der Waals surface area contributed by atoms with Crippen molar-refractivity contribution in [2.24, 2.45) is 0 Å². The molecule has 1 saturated heterocycles. The summed E-state index contributed by atoms with van der Waals surface area (Å²) >= 11 is 3.39. The quantitative estimate of drug-likeness (QED) is 0.809. The highest BCUT2D eigenvalue weighted by Gasteiger charge is 2.24. The molecule has 2 aromatic rings. The SMILES string of the molecule is O=C(c1cccc(Br)c1)N1CCCN(C(=O)c2ccco2)CC1. The zero-order chi connectivity index (χ0) is 16.2. The van der Waals surface area contributed by atoms with Crippen molar-refractivity contribution in [3.05, 3.63) is 58.5 Å². The summed E-state index contributed by atoms with van der Waals surface area (Å²) in [5, 5.41) is 0. The topological polar surface area (TPSA) is 53.8 Å². The number of hydrogen-bond donors (Lipinski definition) is 0. The lowest BCUT2D eigenvalue weighted by Gasteiger charge is -2.21. The molecule has 0 saturated carbocycles. The van der Waals surface area contributed by atoms with Crippen molar-refractivity contribution in [3.63, 3.8) is 0 Å². The summed E-state index contributed by atoms with van der Waals surface area (Å²) in [6.45, 7) is 2.31. The van der Waals surface area contributed by atoms with Crippen molar-refractivity contribution >= 4 is 27.7 Å². The van der Waals surface area contributed by atoms with Gasteiger partial charge in [-0.1, -0.05) is 22.0 Å². The third kappa shape index (κ3) is 3.64. The molecule has 120 valence electrons. The molecule has 2 amide bonds. The van der Waals surface area contributed by atoms with Gasteiger partial charge in [0.1, 0.15) is 0 Å². The molecule has 3 rings (SSSR count). The molecule has 23 heavy (non-hydrogen) atoms. The predicted octanol–water partition coefficient (Wildman–Crippen LogP) is 3.03. The number of carbonyl (C=O) groups is 2. The smallest absolute Gasteiger partial charge is 0.289 e. The first-order chi connectivity index (χ1) is 11.1. The molecule has 0 bridgehead atoms. The summed E-state index contributed by atoms with van der Waals surface area (Å²) in [6.07, 6.45) is 2.25. The molecule has 1 aromatic carbocycles. The van der Waals surface area contributed by atoms with E-state index in [9.17, 15) is 9.59 Å². The molecule has 0 aliphatic carbocycles. The summed E-state index contributed by atoms with van der Waals surface area (Å²) in [7, 11) is 0. The number of furan rings is 1. The Morgan fingerprint density at radius 3 is 2.35 bits per heavy atom. The lowest BCUT2D eigenvalue weighted by molar-refractivity contribution is 0.0700. The fraction of sp³-hybridized carbons (Fsp3) is 0.294. The second-order valence-electron chi connectivity index (χ2n) is 5.43. The molecule has 1 aliphatic heterocycles. The van der Waals surface area contributed by atoms with Gasteiger partial charge in [-0.15, -0.1) is 0 Å². The van der Waals surface area contributed by atoms with Crippen LogP contribution in [0.4, 0.5) is 0 Å². The number of halogens is 1. The van der Waals surface area contributed by atoms with Gasteiger partial charge in [0.2, 0.25) is 0 Å². The van der Waals surface area contributed by atoms with Gasteiger partial charge < -0.3 is 14.2 Å². The average Bonchev–Trinajstić information content (AvgIpc) is 2.98. The second-order valence-corrected chi connectivity index (χ2v) is 6.34. The van der Waals surface area contributed by atoms with Crippen LogP contribution in [0.15, 0.2) is 51.6 Å². The standard InChI is InChI=1S/C17H17BrN2O3/c18-14-5-1-4-13(12-14)16(21)19-7-3-8-20(10-9-19)17(22)15-6-2-11-23-15/h1-2,4-6,11-12H,3,7-10H2. The van der Waals surface area contributed by atoms with Gasteiger partial charge in [0, 0.05) is 36.2 Å². The number of carbonyl (C=O) groups excluding carboxylic acids is 2. The first-order valence-corrected chi connectivity index (χ1v) is 8.32. The minimum absolute atomic E-state index is 0.00130. The van der Waals surface area contributed by atoms with Gasteiger partial charge in [-0.3, -0.25) is 9.59 Å². The van der Waals surface area contributed by atoms with Gasteiger partial charge in [-0.05, 0) is 36.8 Å². The maximum absolute atomic E-state index is 12.6. The van der Waals surface area contributed by atoms with E-state index in [0.29, 0.717) is 37.5 Å². The van der Waals surface area contributed by atoms with Gasteiger partial charge in [-0.2, -0.15) is 0 Å². The Hall–Kier alpha value is -2.08. The first-order valence-electron chi connectivity index (χ1n) is 7.53. The van der Waals surface area contributed by atoms with E-state index in [4.69, 9.17) is 4.42 Å². The Bertz CT molecular complexity index is 700. The average molecular weight is 377 g/mol. The van der Waals surface area contributed by atoms with Crippen molar-refractivity contribution in [2.75, 3.05) is 26.2 Å². The number of nitrogens with zero attached hydrogens (tertiary/aromatic N) is 2. The Morgan fingerprint density at radius 2 is 1.70 bits per heavy atom. The second kappa shape index (κ2) is 7.00. The van der Waals surface area contributed by atoms with Crippen LogP contribution in [0.1, 0.15) is 27.3 Å². The lowest BCUT2D eigenvalue weighted by atomic mass is 10.2. The van der Waals surface area contributed by atoms with Crippen LogP contribution >= 0.6 is 15.9 Å². The number of benzene rings is 1. The first kappa shape index (κ1) is 15.8. The highest BCUT2D eigenvalue weighted by Crippen LogP contribution is 2.16. The maximum atomic E-state index is 12.6. The largest absolute Gasteiger partial charge is 0.459 e. The third-order valence-electron chi connectivity index (χ3n) is 3.87. The highest BCUT2D eigenvalue weighted by molar-refractivity contribution is 9.10. The fourth-order valence-corrected chi connectivity index (χ4v) is 3.08. The van der Waals surface area contributed by atoms with Gasteiger partial charge in [0.25, 0.3) is 11.8 Å². The molecule has 1 aromatic heterocycles. The Morgan fingerprint density at radius 1 is 0.957 bits per heavy atom. The zero-order valence-corrected chi connectivity index (χ0v) is 14.2. The third-order valence-corrected chi connectivity index (χ3v) is 4.37. The van der Waals surface area contributed by atoms with E-state index in [1.54, 1.807) is 21.9 Å². The van der Waals surface area contributed by atoms with Crippen LogP contribution in [-0.2, 0) is 0 Å². The molecule has 1 fully saturated rings. The van der Waals surface area contributed by atoms with Crippen LogP contribution in [0.3, 0.4) is 0 Å². The van der Waals surface area contributed by atoms with Crippen LogP contribution in [-0.4, -0.2) is 47.8 Å². The van der Waals surface area contributed by atoms with Crippen molar-refractivity contribution in [3.8, 4) is 0 Å². The molecular formula is C17H17BrN2O3. The van der Waals surface area contributed by atoms with E-state index >= 15 is 0 Å². The molecule has 0 N–H and O–H groups in total. The molecule has 0 unspecified atom stereocenters. The fourth-order valence-electron chi connectivity index (χ4n) is 2.68. The highest BCUT2D eigenvalue weighted by atomic mass is 79.9. The summed E-state index contributed by atoms with van der Waals surface area (Å²) < 4.78 is 6.05. The Labute approximate surface area is 143 Å². The van der Waals surface area contributed by atoms with Crippen molar-refractivity contribution in [1.82, 2.24) is 9.80 Å². The van der Waals surface area contributed by atoms with Crippen LogP contribution in [0.25, 0.3) is 0 Å². The minimum atomic E-state index is -0.119. The van der Waals surface area contributed by atoms with Crippen LogP contribution in [0.2, 0.25) is 0 Å². The van der Waals surface area contributed by atoms with E-state index < -0.39 is 0 Å². The molecule has 6 heteroatoms. The predicted molar refractivity (Wildman–Crippen MR) is 89.3 cm³/mol. The van der Waals surface area contributed by atoms with E-state index in [1.807, 2.05) is 24.3 Å². The molecule has 1 aliphatic rings. The summed E-state index contributed by atoms with van der Waals surface area (Å²) in [5.74, 6) is 0.224. The minimum Gasteiger partial charge on any atom is -0.459 e. The molecule has 5 nitrogen and oxygen atoms in total. The number of rotatable bonds is 2. The molecule has 0 spiro atoms. The van der Waals surface area contributed by atoms with Crippen LogP contribution in [0, 0.1) is 0 Å². The summed E-state index contributed by atoms with van der Waals surface area (Å²) in [6, 6.07) is 10.7. The monoisotopic (exact) mass is 376 g/mol. The van der Waals surface area contributed by atoms with Gasteiger partial charge in [-0.25, -0.2) is 0 Å². The van der Waals surface area contributed by atoms with Crippen molar-refractivity contribution < 1.29 is 14.0 Å². The maximum Gasteiger partial charge on any atom is 0.289 e. The Kier molecular flexibility index (Phi) is 4.81. The van der Waals surface area contributed by atoms with E-state index in [-0.39, 0.29) is 11.8 Å². The summed E-state index contributed by atoms with van der Waals surface area (Å²) in [4.78, 5) is 28.5. The molecule has 0 atom stereocenters. The molecule has 0 radical (unpaired) electrons. The number of hydrogen-bond acceptors (Lipinski definition) is 3. The van der Waals surface area contributed by atoms with Crippen molar-refractivity contribution in [1.29, 1.82) is 0 Å². The van der Waals surface area contributed by atoms with E-state index in [1.165, 1.54) is 6.26 Å². The normalized spacial score (nSPS) is 15.3. The van der Waals surface area contributed by atoms with Gasteiger partial charge >= 0.3 is 0 Å². The Balaban J connectivity index is 1.66. The van der Waals surface area contributed by atoms with Crippen molar-refractivity contribution in [2.45, 2.75) is 6.42 Å². The van der Waals surface area contributed by atoms with Gasteiger partial charge in [0.15, 0.2) is 5.76 Å². The van der Waals surface area contributed by atoms with Crippen LogP contribution in [0.5, 0.6) is 0 Å². The molecular weight excluding hydrogens is 360 g/mol. The van der Waals surface area contributed by atoms with Crippen LogP contribution < -0.4 is 0 Å². The zero-order valence-electron chi connectivity index (χ0n) is 12.6. The lowest BCUT2D eigenvalue weighted by Crippen LogP contribution is -2.37. The molecule has 2 heterocycles. The van der Waals surface area contributed by atoms with E-state index in [0.717, 1.165) is 10.9 Å². The number of amides is 2. The van der Waals surface area contributed by atoms with E-state index in [2.05, 4.69) is 15.9 Å². The summed E-state index contributed by atoms with van der Waals surface area (Å²) in [5.41, 5.74) is 0.658.